The van der Waals surface area contributed by atoms with Gasteiger partial charge in [-0.25, -0.2) is 0 Å². The van der Waals surface area contributed by atoms with Gasteiger partial charge >= 0.3 is 0 Å². The second kappa shape index (κ2) is 6.91. The molecule has 0 fully saturated rings. The Kier molecular flexibility index (Phi) is 5.18. The summed E-state index contributed by atoms with van der Waals surface area (Å²) in [5, 5.41) is 12.6. The van der Waals surface area contributed by atoms with Crippen molar-refractivity contribution in [1.29, 1.82) is 0 Å². The summed E-state index contributed by atoms with van der Waals surface area (Å²) in [6.07, 6.45) is 0. The number of aliphatic imine (C=N–C) groups is 1. The van der Waals surface area contributed by atoms with Crippen molar-refractivity contribution in [3.8, 4) is 0 Å². The van der Waals surface area contributed by atoms with Gasteiger partial charge in [-0.3, -0.25) is 4.99 Å². The predicted molar refractivity (Wildman–Crippen MR) is 89.1 cm³/mol. The van der Waals surface area contributed by atoms with Gasteiger partial charge in [-0.1, -0.05) is 32.0 Å². The molecule has 2 N–H and O–H groups in total. The molecule has 7 heteroatoms. The fourth-order valence-electron chi connectivity index (χ4n) is 1.80. The van der Waals surface area contributed by atoms with Crippen molar-refractivity contribution >= 4 is 17.3 Å². The molecule has 0 radical (unpaired) electrons. The lowest BCUT2D eigenvalue weighted by atomic mass is 9.97. The molecule has 0 bridgehead atoms. The highest BCUT2D eigenvalue weighted by atomic mass is 32.1. The summed E-state index contributed by atoms with van der Waals surface area (Å²) in [6, 6.07) is 4.34. The van der Waals surface area contributed by atoms with Crippen LogP contribution in [-0.4, -0.2) is 23.1 Å². The number of rotatable bonds is 4. The van der Waals surface area contributed by atoms with E-state index in [0.29, 0.717) is 24.2 Å². The van der Waals surface area contributed by atoms with E-state index in [1.165, 1.54) is 4.88 Å². The normalized spacial score (nSPS) is 14.0. The first-order chi connectivity index (χ1) is 10.4. The molecular formula is C15H23N5OS. The van der Waals surface area contributed by atoms with Crippen LogP contribution in [0.5, 0.6) is 0 Å². The van der Waals surface area contributed by atoms with Crippen LogP contribution in [0.2, 0.25) is 0 Å². The van der Waals surface area contributed by atoms with E-state index < -0.39 is 0 Å². The SMILES string of the molecule is CN=C(NCc1noc(C(C)(C)C)n1)NC(C)c1cccs1. The number of aromatic nitrogens is 2. The van der Waals surface area contributed by atoms with Gasteiger partial charge in [0.05, 0.1) is 12.6 Å². The van der Waals surface area contributed by atoms with Crippen molar-refractivity contribution in [1.82, 2.24) is 20.8 Å². The van der Waals surface area contributed by atoms with Gasteiger partial charge in [0.2, 0.25) is 5.89 Å². The Morgan fingerprint density at radius 3 is 2.77 bits per heavy atom. The monoisotopic (exact) mass is 321 g/mol. The second-order valence-corrected chi connectivity index (χ2v) is 7.05. The van der Waals surface area contributed by atoms with Crippen molar-refractivity contribution in [2.75, 3.05) is 7.05 Å². The van der Waals surface area contributed by atoms with Gasteiger partial charge in [-0.15, -0.1) is 11.3 Å². The first-order valence-electron chi connectivity index (χ1n) is 7.24. The number of thiophene rings is 1. The van der Waals surface area contributed by atoms with Crippen LogP contribution in [0.25, 0.3) is 0 Å². The number of guanidine groups is 1. The highest BCUT2D eigenvalue weighted by Gasteiger charge is 2.21. The van der Waals surface area contributed by atoms with Crippen LogP contribution < -0.4 is 10.6 Å². The molecule has 0 aliphatic carbocycles. The molecule has 0 aromatic carbocycles. The van der Waals surface area contributed by atoms with Crippen LogP contribution >= 0.6 is 11.3 Å². The zero-order valence-corrected chi connectivity index (χ0v) is 14.5. The molecule has 0 amide bonds. The summed E-state index contributed by atoms with van der Waals surface area (Å²) < 4.78 is 5.28. The molecule has 6 nitrogen and oxygen atoms in total. The Balaban J connectivity index is 1.90. The highest BCUT2D eigenvalue weighted by molar-refractivity contribution is 7.10. The van der Waals surface area contributed by atoms with E-state index in [9.17, 15) is 0 Å². The summed E-state index contributed by atoms with van der Waals surface area (Å²) in [4.78, 5) is 9.88. The Bertz CT molecular complexity index is 612. The zero-order chi connectivity index (χ0) is 16.2. The molecule has 1 unspecified atom stereocenters. The van der Waals surface area contributed by atoms with Crippen molar-refractivity contribution in [2.45, 2.75) is 45.7 Å². The number of nitrogens with one attached hydrogen (secondary N) is 2. The maximum Gasteiger partial charge on any atom is 0.232 e. The van der Waals surface area contributed by atoms with Crippen molar-refractivity contribution in [2.24, 2.45) is 4.99 Å². The quantitative estimate of drug-likeness (QED) is 0.669. The van der Waals surface area contributed by atoms with Crippen LogP contribution in [0.4, 0.5) is 0 Å². The van der Waals surface area contributed by atoms with Crippen LogP contribution in [0, 0.1) is 0 Å². The van der Waals surface area contributed by atoms with Gasteiger partial charge in [0.1, 0.15) is 0 Å². The van der Waals surface area contributed by atoms with E-state index in [0.717, 1.165) is 0 Å². The molecular weight excluding hydrogens is 298 g/mol. The average Bonchev–Trinajstić information content (AvgIpc) is 3.12. The van der Waals surface area contributed by atoms with Crippen molar-refractivity contribution in [3.05, 3.63) is 34.1 Å². The van der Waals surface area contributed by atoms with Crippen molar-refractivity contribution < 1.29 is 4.52 Å². The largest absolute Gasteiger partial charge is 0.349 e. The lowest BCUT2D eigenvalue weighted by Crippen LogP contribution is -2.38. The fraction of sp³-hybridized carbons (Fsp3) is 0.533. The third-order valence-electron chi connectivity index (χ3n) is 3.07. The first kappa shape index (κ1) is 16.5. The molecule has 0 saturated carbocycles. The van der Waals surface area contributed by atoms with E-state index >= 15 is 0 Å². The Morgan fingerprint density at radius 2 is 2.23 bits per heavy atom. The summed E-state index contributed by atoms with van der Waals surface area (Å²) in [5.41, 5.74) is -0.140. The number of hydrogen-bond donors (Lipinski definition) is 2. The first-order valence-corrected chi connectivity index (χ1v) is 8.11. The molecule has 2 aromatic rings. The summed E-state index contributed by atoms with van der Waals surface area (Å²) in [6.45, 7) is 8.70. The molecule has 120 valence electrons. The Labute approximate surface area is 135 Å². The van der Waals surface area contributed by atoms with E-state index in [-0.39, 0.29) is 11.5 Å². The maximum atomic E-state index is 5.28. The van der Waals surface area contributed by atoms with Gasteiger partial charge in [0.15, 0.2) is 11.8 Å². The molecule has 2 rings (SSSR count). The molecule has 1 atom stereocenters. The molecule has 0 aliphatic heterocycles. The van der Waals surface area contributed by atoms with Gasteiger partial charge in [0, 0.05) is 17.3 Å². The van der Waals surface area contributed by atoms with E-state index in [4.69, 9.17) is 4.52 Å². The molecule has 2 heterocycles. The van der Waals surface area contributed by atoms with E-state index in [2.05, 4.69) is 44.1 Å². The minimum atomic E-state index is -0.140. The summed E-state index contributed by atoms with van der Waals surface area (Å²) in [7, 11) is 1.74. The van der Waals surface area contributed by atoms with Crippen LogP contribution in [0.1, 0.15) is 50.3 Å². The zero-order valence-electron chi connectivity index (χ0n) is 13.7. The lowest BCUT2D eigenvalue weighted by molar-refractivity contribution is 0.318. The number of hydrogen-bond acceptors (Lipinski definition) is 5. The molecule has 22 heavy (non-hydrogen) atoms. The number of nitrogens with zero attached hydrogens (tertiary/aromatic N) is 3. The second-order valence-electron chi connectivity index (χ2n) is 6.07. The summed E-state index contributed by atoms with van der Waals surface area (Å²) >= 11 is 1.72. The maximum absolute atomic E-state index is 5.28. The van der Waals surface area contributed by atoms with Crippen LogP contribution in [-0.2, 0) is 12.0 Å². The van der Waals surface area contributed by atoms with Gasteiger partial charge in [0.25, 0.3) is 0 Å². The van der Waals surface area contributed by atoms with Crippen molar-refractivity contribution in [3.63, 3.8) is 0 Å². The highest BCUT2D eigenvalue weighted by Crippen LogP contribution is 2.20. The predicted octanol–water partition coefficient (Wildman–Crippen LogP) is 2.85. The standard InChI is InChI=1S/C15H23N5OS/c1-10(11-7-6-8-22-11)18-14(16-5)17-9-12-19-13(21-20-12)15(2,3)4/h6-8,10H,9H2,1-5H3,(H2,16,17,18). The van der Waals surface area contributed by atoms with E-state index in [1.807, 2.05) is 26.8 Å². The van der Waals surface area contributed by atoms with Crippen LogP contribution in [0.3, 0.4) is 0 Å². The van der Waals surface area contributed by atoms with Gasteiger partial charge in [-0.2, -0.15) is 4.98 Å². The summed E-state index contributed by atoms with van der Waals surface area (Å²) in [5.74, 6) is 1.97. The fourth-order valence-corrected chi connectivity index (χ4v) is 2.54. The van der Waals surface area contributed by atoms with Gasteiger partial charge in [-0.05, 0) is 18.4 Å². The van der Waals surface area contributed by atoms with Crippen LogP contribution in [0.15, 0.2) is 27.0 Å². The average molecular weight is 321 g/mol. The Morgan fingerprint density at radius 1 is 1.45 bits per heavy atom. The third kappa shape index (κ3) is 4.30. The third-order valence-corrected chi connectivity index (χ3v) is 4.13. The van der Waals surface area contributed by atoms with E-state index in [1.54, 1.807) is 18.4 Å². The van der Waals surface area contributed by atoms with Gasteiger partial charge < -0.3 is 15.2 Å². The molecule has 0 spiro atoms. The smallest absolute Gasteiger partial charge is 0.232 e. The minimum Gasteiger partial charge on any atom is -0.349 e. The lowest BCUT2D eigenvalue weighted by Gasteiger charge is -2.16. The minimum absolute atomic E-state index is 0.140. The molecule has 0 aliphatic rings. The molecule has 0 saturated heterocycles. The Hall–Kier alpha value is -1.89. The molecule has 2 aromatic heterocycles. The topological polar surface area (TPSA) is 75.3 Å².